The van der Waals surface area contributed by atoms with Gasteiger partial charge in [0.05, 0.1) is 0 Å². The summed E-state index contributed by atoms with van der Waals surface area (Å²) in [7, 11) is 0. The van der Waals surface area contributed by atoms with Gasteiger partial charge in [-0.05, 0) is 12.8 Å². The highest BCUT2D eigenvalue weighted by molar-refractivity contribution is 6.10. The van der Waals surface area contributed by atoms with Crippen LogP contribution < -0.4 is 10.6 Å². The fourth-order valence-electron chi connectivity index (χ4n) is 3.24. The smallest absolute Gasteiger partial charge is 0.325 e. The van der Waals surface area contributed by atoms with Gasteiger partial charge < -0.3 is 10.6 Å². The van der Waals surface area contributed by atoms with Crippen LogP contribution in [0.1, 0.15) is 32.1 Å². The maximum absolute atomic E-state index is 12.5. The Balaban J connectivity index is 1.71. The molecule has 114 valence electrons. The number of hydrogen-bond acceptors (Lipinski definition) is 4. The molecule has 2 N–H and O–H groups in total. The molecule has 0 aromatic heterocycles. The summed E-state index contributed by atoms with van der Waals surface area (Å²) in [5.74, 6) is -0.860. The molecule has 2 aliphatic heterocycles. The van der Waals surface area contributed by atoms with Gasteiger partial charge in [-0.15, -0.1) is 0 Å². The van der Waals surface area contributed by atoms with Crippen molar-refractivity contribution in [1.82, 2.24) is 20.4 Å². The molecule has 2 saturated heterocycles. The van der Waals surface area contributed by atoms with Crippen LogP contribution in [0.5, 0.6) is 0 Å². The molecule has 2 heterocycles. The third kappa shape index (κ3) is 2.24. The fraction of sp³-hybridized carbons (Fsp3) is 0.692. The number of carbonyl (C=O) groups is 4. The van der Waals surface area contributed by atoms with Crippen molar-refractivity contribution in [2.45, 2.75) is 37.6 Å². The highest BCUT2D eigenvalue weighted by Gasteiger charge is 2.52. The number of amides is 6. The van der Waals surface area contributed by atoms with E-state index in [4.69, 9.17) is 0 Å². The minimum Gasteiger partial charge on any atom is -0.336 e. The molecule has 1 aliphatic carbocycles. The molecule has 8 nitrogen and oxygen atoms in total. The van der Waals surface area contributed by atoms with Crippen molar-refractivity contribution >= 4 is 23.9 Å². The van der Waals surface area contributed by atoms with Gasteiger partial charge in [0, 0.05) is 13.1 Å². The normalized spacial score (nSPS) is 24.5. The van der Waals surface area contributed by atoms with Crippen LogP contribution >= 0.6 is 0 Å². The second kappa shape index (κ2) is 5.01. The number of hydrogen-bond donors (Lipinski definition) is 2. The summed E-state index contributed by atoms with van der Waals surface area (Å²) in [6.07, 6.45) is 4.07. The van der Waals surface area contributed by atoms with Crippen LogP contribution in [0.25, 0.3) is 0 Å². The third-order valence-corrected chi connectivity index (χ3v) is 4.40. The van der Waals surface area contributed by atoms with Crippen LogP contribution in [0, 0.1) is 0 Å². The molecule has 1 saturated carbocycles. The monoisotopic (exact) mass is 294 g/mol. The van der Waals surface area contributed by atoms with E-state index in [1.54, 1.807) is 0 Å². The standard InChI is InChI=1S/C13H18N4O4/c18-9(16-7-6-14-11(16)20)8-17-10(19)13(15-12(17)21)4-2-1-3-5-13/h1-8H2,(H,14,20)(H,15,21). The lowest BCUT2D eigenvalue weighted by atomic mass is 9.82. The summed E-state index contributed by atoms with van der Waals surface area (Å²) in [5.41, 5.74) is -0.830. The first-order chi connectivity index (χ1) is 10.0. The molecule has 3 aliphatic rings. The molecule has 3 rings (SSSR count). The first-order valence-electron chi connectivity index (χ1n) is 7.26. The second-order valence-electron chi connectivity index (χ2n) is 5.74. The molecular weight excluding hydrogens is 276 g/mol. The van der Waals surface area contributed by atoms with E-state index in [1.807, 2.05) is 0 Å². The molecule has 0 atom stereocenters. The maximum atomic E-state index is 12.5. The van der Waals surface area contributed by atoms with Gasteiger partial charge in [0.15, 0.2) is 0 Å². The average Bonchev–Trinajstić information content (AvgIpc) is 2.98. The van der Waals surface area contributed by atoms with Gasteiger partial charge in [0.1, 0.15) is 12.1 Å². The molecule has 8 heteroatoms. The Morgan fingerprint density at radius 1 is 1.10 bits per heavy atom. The van der Waals surface area contributed by atoms with E-state index in [1.165, 1.54) is 0 Å². The Hall–Kier alpha value is -2.12. The average molecular weight is 294 g/mol. The van der Waals surface area contributed by atoms with Crippen LogP contribution in [0.15, 0.2) is 0 Å². The third-order valence-electron chi connectivity index (χ3n) is 4.40. The number of nitrogens with zero attached hydrogens (tertiary/aromatic N) is 2. The van der Waals surface area contributed by atoms with Crippen LogP contribution in [-0.4, -0.2) is 58.8 Å². The molecule has 0 radical (unpaired) electrons. The zero-order valence-corrected chi connectivity index (χ0v) is 11.7. The summed E-state index contributed by atoms with van der Waals surface area (Å²) < 4.78 is 0. The van der Waals surface area contributed by atoms with Crippen molar-refractivity contribution in [3.8, 4) is 0 Å². The van der Waals surface area contributed by atoms with Gasteiger partial charge in [-0.25, -0.2) is 9.59 Å². The van der Waals surface area contributed by atoms with Gasteiger partial charge in [0.2, 0.25) is 0 Å². The molecule has 0 bridgehead atoms. The van der Waals surface area contributed by atoms with Gasteiger partial charge in [0.25, 0.3) is 11.8 Å². The van der Waals surface area contributed by atoms with Crippen molar-refractivity contribution in [2.75, 3.05) is 19.6 Å². The summed E-state index contributed by atoms with van der Waals surface area (Å²) in [6.45, 7) is 0.293. The number of nitrogens with one attached hydrogen (secondary N) is 2. The fourth-order valence-corrected chi connectivity index (χ4v) is 3.24. The second-order valence-corrected chi connectivity index (χ2v) is 5.74. The lowest BCUT2D eigenvalue weighted by Gasteiger charge is -2.30. The van der Waals surface area contributed by atoms with E-state index in [9.17, 15) is 19.2 Å². The highest BCUT2D eigenvalue weighted by Crippen LogP contribution is 2.33. The minimum absolute atomic E-state index is 0.270. The number of imide groups is 2. The summed E-state index contributed by atoms with van der Waals surface area (Å²) in [6, 6.07) is -1.01. The first kappa shape index (κ1) is 13.8. The van der Waals surface area contributed by atoms with Crippen molar-refractivity contribution in [3.63, 3.8) is 0 Å². The molecule has 0 aromatic rings. The zero-order chi connectivity index (χ0) is 15.0. The van der Waals surface area contributed by atoms with Crippen LogP contribution in [0.2, 0.25) is 0 Å². The Morgan fingerprint density at radius 3 is 2.43 bits per heavy atom. The SMILES string of the molecule is O=C(CN1C(=O)NC2(CCCCC2)C1=O)N1CCNC1=O. The largest absolute Gasteiger partial charge is 0.336 e. The van der Waals surface area contributed by atoms with E-state index in [2.05, 4.69) is 10.6 Å². The Labute approximate surface area is 121 Å². The van der Waals surface area contributed by atoms with Crippen molar-refractivity contribution in [3.05, 3.63) is 0 Å². The van der Waals surface area contributed by atoms with E-state index in [-0.39, 0.29) is 19.0 Å². The van der Waals surface area contributed by atoms with Gasteiger partial charge >= 0.3 is 12.1 Å². The van der Waals surface area contributed by atoms with E-state index in [0.717, 1.165) is 29.1 Å². The van der Waals surface area contributed by atoms with E-state index < -0.39 is 23.5 Å². The quantitative estimate of drug-likeness (QED) is 0.689. The number of urea groups is 2. The van der Waals surface area contributed by atoms with Crippen LogP contribution in [0.3, 0.4) is 0 Å². The predicted octanol–water partition coefficient (Wildman–Crippen LogP) is -0.207. The molecule has 21 heavy (non-hydrogen) atoms. The first-order valence-corrected chi connectivity index (χ1v) is 7.26. The lowest BCUT2D eigenvalue weighted by molar-refractivity contribution is -0.138. The van der Waals surface area contributed by atoms with Gasteiger partial charge in [-0.1, -0.05) is 19.3 Å². The predicted molar refractivity (Wildman–Crippen MR) is 71.2 cm³/mol. The molecule has 1 spiro atoms. The summed E-state index contributed by atoms with van der Waals surface area (Å²) in [5, 5.41) is 5.26. The molecule has 6 amide bonds. The highest BCUT2D eigenvalue weighted by atomic mass is 16.2. The molecule has 0 unspecified atom stereocenters. The summed E-state index contributed by atoms with van der Waals surface area (Å²) >= 11 is 0. The summed E-state index contributed by atoms with van der Waals surface area (Å²) in [4.78, 5) is 50.0. The van der Waals surface area contributed by atoms with E-state index in [0.29, 0.717) is 19.4 Å². The van der Waals surface area contributed by atoms with Gasteiger partial charge in [-0.2, -0.15) is 0 Å². The maximum Gasteiger partial charge on any atom is 0.325 e. The Bertz CT molecular complexity index is 512. The Morgan fingerprint density at radius 2 is 1.81 bits per heavy atom. The topological polar surface area (TPSA) is 98.8 Å². The molecule has 3 fully saturated rings. The van der Waals surface area contributed by atoms with Crippen molar-refractivity contribution < 1.29 is 19.2 Å². The minimum atomic E-state index is -0.830. The van der Waals surface area contributed by atoms with E-state index >= 15 is 0 Å². The molecule has 0 aromatic carbocycles. The van der Waals surface area contributed by atoms with Gasteiger partial charge in [-0.3, -0.25) is 19.4 Å². The van der Waals surface area contributed by atoms with Crippen molar-refractivity contribution in [1.29, 1.82) is 0 Å². The van der Waals surface area contributed by atoms with Crippen LogP contribution in [-0.2, 0) is 9.59 Å². The molecular formula is C13H18N4O4. The zero-order valence-electron chi connectivity index (χ0n) is 11.7. The van der Waals surface area contributed by atoms with Crippen LogP contribution in [0.4, 0.5) is 9.59 Å². The number of carbonyl (C=O) groups excluding carboxylic acids is 4. The lowest BCUT2D eigenvalue weighted by Crippen LogP contribution is -2.49. The Kier molecular flexibility index (Phi) is 3.30. The van der Waals surface area contributed by atoms with Crippen molar-refractivity contribution in [2.24, 2.45) is 0 Å². The number of rotatable bonds is 2.